The fourth-order valence-corrected chi connectivity index (χ4v) is 3.80. The molecule has 1 aromatic carbocycles. The number of nitrogens with zero attached hydrogens (tertiary/aromatic N) is 2. The maximum absolute atomic E-state index is 11.9. The molecule has 7 heteroatoms. The van der Waals surface area contributed by atoms with E-state index in [1.54, 1.807) is 0 Å². The molecule has 0 aromatic heterocycles. The highest BCUT2D eigenvalue weighted by Gasteiger charge is 2.40. The van der Waals surface area contributed by atoms with Crippen LogP contribution in [0.2, 0.25) is 5.02 Å². The van der Waals surface area contributed by atoms with Gasteiger partial charge in [-0.2, -0.15) is 0 Å². The van der Waals surface area contributed by atoms with Crippen molar-refractivity contribution in [3.63, 3.8) is 0 Å². The van der Waals surface area contributed by atoms with E-state index in [1.807, 2.05) is 26.0 Å². The Kier molecular flexibility index (Phi) is 8.66. The minimum absolute atomic E-state index is 0. The molecule has 0 spiro atoms. The van der Waals surface area contributed by atoms with E-state index in [2.05, 4.69) is 27.3 Å². The molecule has 1 aliphatic carbocycles. The quantitative estimate of drug-likeness (QED) is 0.284. The van der Waals surface area contributed by atoms with E-state index in [4.69, 9.17) is 16.3 Å². The van der Waals surface area contributed by atoms with Crippen molar-refractivity contribution in [2.45, 2.75) is 45.1 Å². The number of likely N-dealkylation sites (tertiary alicyclic amines) is 1. The third-order valence-electron chi connectivity index (χ3n) is 5.10. The molecule has 0 bridgehead atoms. The summed E-state index contributed by atoms with van der Waals surface area (Å²) in [4.78, 5) is 18.9. The summed E-state index contributed by atoms with van der Waals surface area (Å²) < 4.78 is 5.16. The van der Waals surface area contributed by atoms with Gasteiger partial charge in [0.2, 0.25) is 0 Å². The van der Waals surface area contributed by atoms with Gasteiger partial charge in [0.25, 0.3) is 0 Å². The number of guanidine groups is 1. The molecule has 3 rings (SSSR count). The average molecular weight is 506 g/mol. The van der Waals surface area contributed by atoms with Gasteiger partial charge in [-0.05, 0) is 50.8 Å². The van der Waals surface area contributed by atoms with Crippen LogP contribution in [0.15, 0.2) is 29.3 Å². The van der Waals surface area contributed by atoms with Crippen LogP contribution in [0.1, 0.15) is 44.6 Å². The summed E-state index contributed by atoms with van der Waals surface area (Å²) in [6.45, 7) is 6.78. The second-order valence-electron chi connectivity index (χ2n) is 6.96. The fourth-order valence-electron chi connectivity index (χ4n) is 3.60. The Balaban J connectivity index is 0.00000261. The first-order valence-corrected chi connectivity index (χ1v) is 9.98. The van der Waals surface area contributed by atoms with Gasteiger partial charge in [0.15, 0.2) is 5.96 Å². The number of ether oxygens (including phenoxy) is 1. The van der Waals surface area contributed by atoms with Gasteiger partial charge in [0, 0.05) is 36.6 Å². The number of piperidine rings is 1. The molecule has 2 aliphatic rings. The molecule has 0 amide bonds. The highest BCUT2D eigenvalue weighted by molar-refractivity contribution is 14.0. The van der Waals surface area contributed by atoms with Gasteiger partial charge in [-0.1, -0.05) is 23.7 Å². The van der Waals surface area contributed by atoms with Crippen LogP contribution in [-0.4, -0.2) is 49.1 Å². The van der Waals surface area contributed by atoms with Crippen molar-refractivity contribution in [1.82, 2.24) is 10.2 Å². The van der Waals surface area contributed by atoms with Gasteiger partial charge in [-0.15, -0.1) is 24.0 Å². The lowest BCUT2D eigenvalue weighted by molar-refractivity contribution is -0.149. The summed E-state index contributed by atoms with van der Waals surface area (Å²) >= 11 is 6.11. The summed E-state index contributed by atoms with van der Waals surface area (Å²) in [5.41, 5.74) is 1.28. The van der Waals surface area contributed by atoms with Crippen molar-refractivity contribution in [2.24, 2.45) is 10.9 Å². The number of carbonyl (C=O) groups excluding carboxylic acids is 1. The topological polar surface area (TPSA) is 53.9 Å². The van der Waals surface area contributed by atoms with Crippen molar-refractivity contribution in [3.8, 4) is 0 Å². The zero-order chi connectivity index (χ0) is 18.5. The first-order valence-electron chi connectivity index (χ1n) is 9.60. The Bertz CT molecular complexity index is 662. The number of benzene rings is 1. The molecular formula is C20H29ClIN3O2. The summed E-state index contributed by atoms with van der Waals surface area (Å²) in [5.74, 6) is 1.42. The second-order valence-corrected chi connectivity index (χ2v) is 7.40. The Morgan fingerprint density at radius 3 is 2.70 bits per heavy atom. The number of rotatable bonds is 5. The van der Waals surface area contributed by atoms with Crippen LogP contribution in [0, 0.1) is 5.92 Å². The molecule has 0 radical (unpaired) electrons. The third kappa shape index (κ3) is 5.98. The molecule has 1 saturated heterocycles. The Hall–Kier alpha value is -1.02. The molecule has 1 N–H and O–H groups in total. The van der Waals surface area contributed by atoms with Gasteiger partial charge in [-0.3, -0.25) is 9.79 Å². The molecule has 2 fully saturated rings. The molecular weight excluding hydrogens is 477 g/mol. The van der Waals surface area contributed by atoms with Gasteiger partial charge in [0.1, 0.15) is 0 Å². The number of halogens is 2. The monoisotopic (exact) mass is 505 g/mol. The number of nitrogens with one attached hydrogen (secondary N) is 1. The van der Waals surface area contributed by atoms with Crippen LogP contribution >= 0.6 is 35.6 Å². The normalized spacial score (nSPS) is 22.8. The van der Waals surface area contributed by atoms with E-state index in [1.165, 1.54) is 5.56 Å². The lowest BCUT2D eigenvalue weighted by atomic mass is 9.97. The molecule has 27 heavy (non-hydrogen) atoms. The molecule has 1 heterocycles. The van der Waals surface area contributed by atoms with Gasteiger partial charge >= 0.3 is 5.97 Å². The molecule has 150 valence electrons. The average Bonchev–Trinajstić information content (AvgIpc) is 3.41. The van der Waals surface area contributed by atoms with E-state index in [-0.39, 0.29) is 35.9 Å². The largest absolute Gasteiger partial charge is 0.466 e. The Labute approximate surface area is 183 Å². The van der Waals surface area contributed by atoms with Crippen LogP contribution in [-0.2, 0) is 9.53 Å². The van der Waals surface area contributed by atoms with Gasteiger partial charge in [-0.25, -0.2) is 0 Å². The number of esters is 1. The van der Waals surface area contributed by atoms with Crippen molar-refractivity contribution < 1.29 is 9.53 Å². The minimum Gasteiger partial charge on any atom is -0.466 e. The predicted molar refractivity (Wildman–Crippen MR) is 120 cm³/mol. The molecule has 5 nitrogen and oxygen atoms in total. The SMILES string of the molecule is CCN=C(NC1CC1c1cccc(Cl)c1)N1CCC(C(=O)OCC)CC1.I. The van der Waals surface area contributed by atoms with Gasteiger partial charge in [0.05, 0.1) is 12.5 Å². The zero-order valence-corrected chi connectivity index (χ0v) is 19.1. The number of carbonyl (C=O) groups is 1. The second kappa shape index (κ2) is 10.5. The highest BCUT2D eigenvalue weighted by Crippen LogP contribution is 2.41. The van der Waals surface area contributed by atoms with Crippen molar-refractivity contribution in [2.75, 3.05) is 26.2 Å². The molecule has 2 atom stereocenters. The maximum Gasteiger partial charge on any atom is 0.309 e. The summed E-state index contributed by atoms with van der Waals surface area (Å²) in [6, 6.07) is 8.51. The van der Waals surface area contributed by atoms with Gasteiger partial charge < -0.3 is 15.0 Å². The van der Waals surface area contributed by atoms with Crippen LogP contribution < -0.4 is 5.32 Å². The summed E-state index contributed by atoms with van der Waals surface area (Å²) in [5, 5.41) is 4.40. The highest BCUT2D eigenvalue weighted by atomic mass is 127. The minimum atomic E-state index is -0.0581. The number of hydrogen-bond acceptors (Lipinski definition) is 3. The standard InChI is InChI=1S/C20H28ClN3O2.HI/c1-3-22-20(24-10-8-14(9-11-24)19(25)26-4-2)23-18-13-17(18)15-6-5-7-16(21)12-15;/h5-7,12,14,17-18H,3-4,8-11,13H2,1-2H3,(H,22,23);1H. The molecule has 1 aliphatic heterocycles. The van der Waals surface area contributed by atoms with E-state index in [0.717, 1.165) is 49.9 Å². The van der Waals surface area contributed by atoms with Crippen molar-refractivity contribution >= 4 is 47.5 Å². The first-order chi connectivity index (χ1) is 12.6. The summed E-state index contributed by atoms with van der Waals surface area (Å²) in [6.07, 6.45) is 2.75. The lowest BCUT2D eigenvalue weighted by Gasteiger charge is -2.33. The Morgan fingerprint density at radius 2 is 2.07 bits per heavy atom. The van der Waals surface area contributed by atoms with Crippen LogP contribution in [0.3, 0.4) is 0 Å². The van der Waals surface area contributed by atoms with Crippen molar-refractivity contribution in [1.29, 1.82) is 0 Å². The van der Waals surface area contributed by atoms with E-state index in [9.17, 15) is 4.79 Å². The third-order valence-corrected chi connectivity index (χ3v) is 5.34. The Morgan fingerprint density at radius 1 is 1.33 bits per heavy atom. The number of hydrogen-bond donors (Lipinski definition) is 1. The molecule has 1 saturated carbocycles. The zero-order valence-electron chi connectivity index (χ0n) is 16.0. The van der Waals surface area contributed by atoms with Crippen LogP contribution in [0.25, 0.3) is 0 Å². The van der Waals surface area contributed by atoms with Crippen LogP contribution in [0.4, 0.5) is 0 Å². The smallest absolute Gasteiger partial charge is 0.309 e. The first kappa shape index (κ1) is 22.3. The summed E-state index contributed by atoms with van der Waals surface area (Å²) in [7, 11) is 0. The predicted octanol–water partition coefficient (Wildman–Crippen LogP) is 4.05. The van der Waals surface area contributed by atoms with Crippen LogP contribution in [0.5, 0.6) is 0 Å². The van der Waals surface area contributed by atoms with Crippen molar-refractivity contribution in [3.05, 3.63) is 34.9 Å². The van der Waals surface area contributed by atoms with E-state index in [0.29, 0.717) is 18.6 Å². The fraction of sp³-hybridized carbons (Fsp3) is 0.600. The lowest BCUT2D eigenvalue weighted by Crippen LogP contribution is -2.47. The molecule has 2 unspecified atom stereocenters. The van der Waals surface area contributed by atoms with E-state index < -0.39 is 0 Å². The van der Waals surface area contributed by atoms with E-state index >= 15 is 0 Å². The maximum atomic E-state index is 11.9. The molecule has 1 aromatic rings. The number of aliphatic imine (C=N–C) groups is 1.